The van der Waals surface area contributed by atoms with Crippen LogP contribution in [-0.4, -0.2) is 76.2 Å². The Morgan fingerprint density at radius 3 is 2.38 bits per heavy atom. The third-order valence-corrected chi connectivity index (χ3v) is 10.8. The highest BCUT2D eigenvalue weighted by Crippen LogP contribution is 2.52. The van der Waals surface area contributed by atoms with Crippen LogP contribution in [0.25, 0.3) is 11.1 Å². The molecule has 2 aliphatic carbocycles. The second-order valence-electron chi connectivity index (χ2n) is 13.4. The molecular formula is C34H46N4O4. The van der Waals surface area contributed by atoms with Gasteiger partial charge in [0, 0.05) is 68.4 Å². The molecule has 2 amide bonds. The third kappa shape index (κ3) is 5.55. The van der Waals surface area contributed by atoms with Crippen LogP contribution in [0, 0.1) is 17.3 Å². The van der Waals surface area contributed by atoms with Crippen LogP contribution < -0.4 is 10.9 Å². The van der Waals surface area contributed by atoms with Crippen LogP contribution in [0.15, 0.2) is 47.4 Å². The van der Waals surface area contributed by atoms with Crippen LogP contribution in [0.1, 0.15) is 75.1 Å². The van der Waals surface area contributed by atoms with E-state index in [1.165, 1.54) is 19.3 Å². The van der Waals surface area contributed by atoms with Gasteiger partial charge in [0.1, 0.15) is 0 Å². The number of pyridine rings is 1. The fraction of sp³-hybridized carbons (Fsp3) is 0.618. The predicted molar refractivity (Wildman–Crippen MR) is 163 cm³/mol. The topological polar surface area (TPSA) is 94.9 Å². The molecule has 2 saturated heterocycles. The number of hydrogen-bond acceptors (Lipinski definition) is 5. The Balaban J connectivity index is 1.29. The van der Waals surface area contributed by atoms with Gasteiger partial charge in [-0.1, -0.05) is 69.4 Å². The summed E-state index contributed by atoms with van der Waals surface area (Å²) < 4.78 is 1.57. The monoisotopic (exact) mass is 574 g/mol. The van der Waals surface area contributed by atoms with E-state index in [4.69, 9.17) is 0 Å². The minimum Gasteiger partial charge on any atom is -0.387 e. The van der Waals surface area contributed by atoms with Gasteiger partial charge in [0.05, 0.1) is 17.7 Å². The first-order valence-corrected chi connectivity index (χ1v) is 16.1. The third-order valence-electron chi connectivity index (χ3n) is 10.8. The minimum absolute atomic E-state index is 0.00616. The van der Waals surface area contributed by atoms with Gasteiger partial charge in [-0.3, -0.25) is 14.4 Å². The van der Waals surface area contributed by atoms with E-state index in [1.54, 1.807) is 16.8 Å². The summed E-state index contributed by atoms with van der Waals surface area (Å²) in [5.41, 5.74) is 0.143. The lowest BCUT2D eigenvalue weighted by atomic mass is 9.65. The Labute approximate surface area is 249 Å². The van der Waals surface area contributed by atoms with Gasteiger partial charge in [-0.2, -0.15) is 0 Å². The number of piperazine rings is 1. The van der Waals surface area contributed by atoms with Gasteiger partial charge in [-0.15, -0.1) is 0 Å². The molecule has 1 spiro atoms. The van der Waals surface area contributed by atoms with Gasteiger partial charge >= 0.3 is 0 Å². The van der Waals surface area contributed by atoms with Crippen molar-refractivity contribution >= 4 is 11.8 Å². The molecule has 8 nitrogen and oxygen atoms in total. The van der Waals surface area contributed by atoms with E-state index in [2.05, 4.69) is 12.2 Å². The van der Waals surface area contributed by atoms with Crippen LogP contribution in [-0.2, 0) is 11.3 Å². The first kappa shape index (κ1) is 29.1. The summed E-state index contributed by atoms with van der Waals surface area (Å²) >= 11 is 0. The number of aromatic nitrogens is 1. The number of piperidine rings is 1. The highest BCUT2D eigenvalue weighted by atomic mass is 16.3. The van der Waals surface area contributed by atoms with E-state index < -0.39 is 11.0 Å². The molecule has 0 radical (unpaired) electrons. The molecule has 2 N–H and O–H groups in total. The van der Waals surface area contributed by atoms with Crippen molar-refractivity contribution in [1.82, 2.24) is 19.7 Å². The van der Waals surface area contributed by atoms with E-state index in [0.717, 1.165) is 50.8 Å². The van der Waals surface area contributed by atoms with Crippen LogP contribution in [0.3, 0.4) is 0 Å². The molecule has 6 rings (SSSR count). The van der Waals surface area contributed by atoms with Crippen molar-refractivity contribution in [3.8, 4) is 11.1 Å². The van der Waals surface area contributed by atoms with E-state index in [1.807, 2.05) is 40.1 Å². The average Bonchev–Trinajstić information content (AvgIpc) is 3.47. The summed E-state index contributed by atoms with van der Waals surface area (Å²) in [5, 5.41) is 15.7. The molecule has 3 heterocycles. The zero-order valence-electron chi connectivity index (χ0n) is 25.0. The molecule has 1 aromatic carbocycles. The summed E-state index contributed by atoms with van der Waals surface area (Å²) in [6, 6.07) is 11.2. The first-order chi connectivity index (χ1) is 20.3. The quantitative estimate of drug-likeness (QED) is 0.523. The van der Waals surface area contributed by atoms with Gasteiger partial charge in [0.25, 0.3) is 11.5 Å². The Hall–Kier alpha value is -2.97. The zero-order chi connectivity index (χ0) is 29.3. The summed E-state index contributed by atoms with van der Waals surface area (Å²) in [5.74, 6) is 0.803. The van der Waals surface area contributed by atoms with Crippen LogP contribution in [0.4, 0.5) is 0 Å². The van der Waals surface area contributed by atoms with Gasteiger partial charge in [0.2, 0.25) is 5.91 Å². The number of aliphatic hydroxyl groups is 1. The molecule has 0 bridgehead atoms. The lowest BCUT2D eigenvalue weighted by Crippen LogP contribution is -2.62. The standard InChI is InChI=1S/C34H46N4O4/c1-25(20-26-8-7-9-26)31(40)37-17-14-34(42,33(23-37)12-5-6-13-33)24-38-22-29(32(41)36-18-15-35-16-19-36)28(21-30(38)39)27-10-3-2-4-11-27/h2-4,10-11,21-22,25-26,35,42H,5-9,12-20,23-24H2,1H3. The molecule has 2 atom stereocenters. The first-order valence-electron chi connectivity index (χ1n) is 16.1. The maximum atomic E-state index is 13.8. The van der Waals surface area contributed by atoms with E-state index >= 15 is 0 Å². The molecule has 4 fully saturated rings. The number of likely N-dealkylation sites (tertiary alicyclic amines) is 1. The maximum absolute atomic E-state index is 13.8. The second kappa shape index (κ2) is 12.0. The molecule has 4 aliphatic rings. The second-order valence-corrected chi connectivity index (χ2v) is 13.4. The largest absolute Gasteiger partial charge is 0.387 e. The Morgan fingerprint density at radius 1 is 1.00 bits per heavy atom. The average molecular weight is 575 g/mol. The number of amides is 2. The molecule has 42 heavy (non-hydrogen) atoms. The van der Waals surface area contributed by atoms with Crippen molar-refractivity contribution in [2.45, 2.75) is 76.9 Å². The molecule has 1 aromatic heterocycles. The maximum Gasteiger partial charge on any atom is 0.256 e. The van der Waals surface area contributed by atoms with Crippen molar-refractivity contribution in [2.75, 3.05) is 39.3 Å². The normalized spacial score (nSPS) is 24.9. The van der Waals surface area contributed by atoms with Gasteiger partial charge in [-0.05, 0) is 37.2 Å². The number of nitrogens with one attached hydrogen (secondary N) is 1. The zero-order valence-corrected chi connectivity index (χ0v) is 25.0. The van der Waals surface area contributed by atoms with Crippen LogP contribution >= 0.6 is 0 Å². The van der Waals surface area contributed by atoms with Gasteiger partial charge in [-0.25, -0.2) is 0 Å². The van der Waals surface area contributed by atoms with E-state index in [-0.39, 0.29) is 29.8 Å². The van der Waals surface area contributed by atoms with Crippen molar-refractivity contribution in [2.24, 2.45) is 17.3 Å². The predicted octanol–water partition coefficient (Wildman–Crippen LogP) is 3.91. The number of nitrogens with zero attached hydrogens (tertiary/aromatic N) is 3. The fourth-order valence-electron chi connectivity index (χ4n) is 7.97. The molecular weight excluding hydrogens is 528 g/mol. The Morgan fingerprint density at radius 2 is 1.71 bits per heavy atom. The molecule has 226 valence electrons. The molecule has 8 heteroatoms. The number of carbonyl (C=O) groups is 2. The summed E-state index contributed by atoms with van der Waals surface area (Å²) in [6.07, 6.45) is 10.5. The Kier molecular flexibility index (Phi) is 8.29. The van der Waals surface area contributed by atoms with Crippen LogP contribution in [0.5, 0.6) is 0 Å². The molecule has 2 saturated carbocycles. The highest BCUT2D eigenvalue weighted by molar-refractivity contribution is 6.00. The summed E-state index contributed by atoms with van der Waals surface area (Å²) in [7, 11) is 0. The van der Waals surface area contributed by atoms with E-state index in [0.29, 0.717) is 49.6 Å². The van der Waals surface area contributed by atoms with Gasteiger partial charge < -0.3 is 24.8 Å². The van der Waals surface area contributed by atoms with Crippen molar-refractivity contribution in [1.29, 1.82) is 0 Å². The lowest BCUT2D eigenvalue weighted by Gasteiger charge is -2.53. The number of hydrogen-bond donors (Lipinski definition) is 2. The number of rotatable bonds is 7. The highest BCUT2D eigenvalue weighted by Gasteiger charge is 2.56. The molecule has 2 aromatic rings. The fourth-order valence-corrected chi connectivity index (χ4v) is 7.97. The summed E-state index contributed by atoms with van der Waals surface area (Å²) in [6.45, 7) is 5.93. The van der Waals surface area contributed by atoms with E-state index in [9.17, 15) is 19.5 Å². The van der Waals surface area contributed by atoms with Crippen molar-refractivity contribution in [3.05, 3.63) is 58.5 Å². The van der Waals surface area contributed by atoms with Gasteiger partial charge in [0.15, 0.2) is 0 Å². The molecule has 2 unspecified atom stereocenters. The molecule has 2 aliphatic heterocycles. The smallest absolute Gasteiger partial charge is 0.256 e. The summed E-state index contributed by atoms with van der Waals surface area (Å²) in [4.78, 5) is 44.8. The lowest BCUT2D eigenvalue weighted by molar-refractivity contribution is -0.163. The SMILES string of the molecule is CC(CC1CCC1)C(=O)N1CCC(O)(Cn2cc(C(=O)N3CCNCC3)c(-c3ccccc3)cc2=O)C2(CCCC2)C1. The Bertz CT molecular complexity index is 1340. The van der Waals surface area contributed by atoms with Crippen molar-refractivity contribution in [3.63, 3.8) is 0 Å². The van der Waals surface area contributed by atoms with Crippen LogP contribution in [0.2, 0.25) is 0 Å². The number of carbonyl (C=O) groups excluding carboxylic acids is 2. The van der Waals surface area contributed by atoms with Crippen molar-refractivity contribution < 1.29 is 14.7 Å². The number of benzene rings is 1. The minimum atomic E-state index is -1.13.